The Morgan fingerprint density at radius 1 is 0.933 bits per heavy atom. The molecule has 0 radical (unpaired) electrons. The van der Waals surface area contributed by atoms with Crippen molar-refractivity contribution in [1.82, 2.24) is 0 Å². The van der Waals surface area contributed by atoms with E-state index in [0.717, 1.165) is 11.1 Å². The summed E-state index contributed by atoms with van der Waals surface area (Å²) >= 11 is 0. The molecule has 2 heteroatoms. The molecule has 1 saturated carbocycles. The van der Waals surface area contributed by atoms with E-state index in [9.17, 15) is 0 Å². The fourth-order valence-corrected chi connectivity index (χ4v) is 5.31. The van der Waals surface area contributed by atoms with Gasteiger partial charge in [-0.25, -0.2) is 0 Å². The molecule has 0 aromatic carbocycles. The molecule has 1 nitrogen and oxygen atoms in total. The Bertz CT molecular complexity index is 175. The third-order valence-corrected chi connectivity index (χ3v) is 9.69. The van der Waals surface area contributed by atoms with E-state index in [0.29, 0.717) is 6.10 Å². The van der Waals surface area contributed by atoms with E-state index in [1.165, 1.54) is 32.1 Å². The molecular formula is C13H28OSi. The van der Waals surface area contributed by atoms with E-state index in [1.54, 1.807) is 0 Å². The number of hydrogen-bond acceptors (Lipinski definition) is 1. The Kier molecular flexibility index (Phi) is 4.85. The van der Waals surface area contributed by atoms with Gasteiger partial charge in [0, 0.05) is 6.10 Å². The SMILES string of the molecule is CC(C)[Si](C)(OC1CCCCC1)C(C)C. The van der Waals surface area contributed by atoms with Crippen molar-refractivity contribution in [2.45, 2.75) is 83.5 Å². The molecule has 0 aromatic rings. The Labute approximate surface area is 96.7 Å². The summed E-state index contributed by atoms with van der Waals surface area (Å²) < 4.78 is 6.54. The summed E-state index contributed by atoms with van der Waals surface area (Å²) in [6, 6.07) is 0. The fourth-order valence-electron chi connectivity index (χ4n) is 2.48. The highest BCUT2D eigenvalue weighted by Gasteiger charge is 2.38. The molecular weight excluding hydrogens is 200 g/mol. The lowest BCUT2D eigenvalue weighted by atomic mass is 9.98. The van der Waals surface area contributed by atoms with Crippen molar-refractivity contribution in [1.29, 1.82) is 0 Å². The molecule has 0 atom stereocenters. The van der Waals surface area contributed by atoms with Crippen molar-refractivity contribution in [2.75, 3.05) is 0 Å². The van der Waals surface area contributed by atoms with Gasteiger partial charge < -0.3 is 4.43 Å². The molecule has 1 aliphatic rings. The minimum atomic E-state index is -1.49. The minimum absolute atomic E-state index is 0.584. The highest BCUT2D eigenvalue weighted by atomic mass is 28.4. The maximum atomic E-state index is 6.54. The summed E-state index contributed by atoms with van der Waals surface area (Å²) in [4.78, 5) is 0. The Hall–Kier alpha value is 0.177. The number of rotatable bonds is 4. The van der Waals surface area contributed by atoms with Crippen LogP contribution in [0.25, 0.3) is 0 Å². The van der Waals surface area contributed by atoms with Crippen LogP contribution >= 0.6 is 0 Å². The molecule has 0 amide bonds. The topological polar surface area (TPSA) is 9.23 Å². The van der Waals surface area contributed by atoms with Crippen LogP contribution in [0.4, 0.5) is 0 Å². The molecule has 0 unspecified atom stereocenters. The first-order valence-corrected chi connectivity index (χ1v) is 9.21. The molecule has 1 aliphatic carbocycles. The zero-order chi connectivity index (χ0) is 11.5. The van der Waals surface area contributed by atoms with Crippen molar-refractivity contribution >= 4 is 8.32 Å². The second-order valence-electron chi connectivity index (χ2n) is 5.87. The Morgan fingerprint density at radius 2 is 1.40 bits per heavy atom. The molecule has 0 saturated heterocycles. The largest absolute Gasteiger partial charge is 0.414 e. The molecule has 0 aliphatic heterocycles. The Morgan fingerprint density at radius 3 is 1.80 bits per heavy atom. The summed E-state index contributed by atoms with van der Waals surface area (Å²) in [6.45, 7) is 11.8. The van der Waals surface area contributed by atoms with Crippen LogP contribution in [0.5, 0.6) is 0 Å². The maximum absolute atomic E-state index is 6.54. The van der Waals surface area contributed by atoms with E-state index in [4.69, 9.17) is 4.43 Å². The summed E-state index contributed by atoms with van der Waals surface area (Å²) in [5.41, 5.74) is 1.47. The van der Waals surface area contributed by atoms with E-state index < -0.39 is 8.32 Å². The molecule has 0 bridgehead atoms. The molecule has 0 spiro atoms. The van der Waals surface area contributed by atoms with Gasteiger partial charge in [-0.1, -0.05) is 47.0 Å². The van der Waals surface area contributed by atoms with E-state index in [-0.39, 0.29) is 0 Å². The lowest BCUT2D eigenvalue weighted by molar-refractivity contribution is 0.138. The molecule has 0 heterocycles. The van der Waals surface area contributed by atoms with Crippen molar-refractivity contribution < 1.29 is 4.43 Å². The highest BCUT2D eigenvalue weighted by Crippen LogP contribution is 2.36. The van der Waals surface area contributed by atoms with E-state index >= 15 is 0 Å². The van der Waals surface area contributed by atoms with Gasteiger partial charge in [0.05, 0.1) is 0 Å². The first kappa shape index (κ1) is 13.2. The standard InChI is InChI=1S/C13H28OSi/c1-11(2)15(5,12(3)4)14-13-9-7-6-8-10-13/h11-13H,6-10H2,1-5H3. The van der Waals surface area contributed by atoms with E-state index in [2.05, 4.69) is 34.2 Å². The van der Waals surface area contributed by atoms with Crippen LogP contribution in [0.1, 0.15) is 59.8 Å². The first-order chi connectivity index (χ1) is 6.97. The summed E-state index contributed by atoms with van der Waals surface area (Å²) in [7, 11) is -1.49. The summed E-state index contributed by atoms with van der Waals surface area (Å²) in [5, 5.41) is 0. The van der Waals surface area contributed by atoms with Crippen LogP contribution in [-0.4, -0.2) is 14.4 Å². The van der Waals surface area contributed by atoms with E-state index in [1.807, 2.05) is 0 Å². The monoisotopic (exact) mass is 228 g/mol. The maximum Gasteiger partial charge on any atom is 0.195 e. The predicted molar refractivity (Wildman–Crippen MR) is 69.8 cm³/mol. The third kappa shape index (κ3) is 3.32. The van der Waals surface area contributed by atoms with Crippen molar-refractivity contribution in [3.63, 3.8) is 0 Å². The lowest BCUT2D eigenvalue weighted by Gasteiger charge is -2.39. The zero-order valence-electron chi connectivity index (χ0n) is 11.2. The normalized spacial score (nSPS) is 20.2. The minimum Gasteiger partial charge on any atom is -0.414 e. The highest BCUT2D eigenvalue weighted by molar-refractivity contribution is 6.75. The van der Waals surface area contributed by atoms with Gasteiger partial charge in [0.2, 0.25) is 0 Å². The van der Waals surface area contributed by atoms with Gasteiger partial charge in [-0.2, -0.15) is 0 Å². The average Bonchev–Trinajstić information content (AvgIpc) is 2.18. The zero-order valence-corrected chi connectivity index (χ0v) is 12.2. The quantitative estimate of drug-likeness (QED) is 0.632. The van der Waals surface area contributed by atoms with Gasteiger partial charge in [-0.15, -0.1) is 0 Å². The molecule has 90 valence electrons. The number of hydrogen-bond donors (Lipinski definition) is 0. The Balaban J connectivity index is 2.57. The van der Waals surface area contributed by atoms with Crippen LogP contribution in [0, 0.1) is 0 Å². The van der Waals surface area contributed by atoms with Crippen molar-refractivity contribution in [3.8, 4) is 0 Å². The lowest BCUT2D eigenvalue weighted by Crippen LogP contribution is -2.44. The molecule has 1 rings (SSSR count). The van der Waals surface area contributed by atoms with Crippen LogP contribution in [0.2, 0.25) is 17.6 Å². The van der Waals surface area contributed by atoms with Gasteiger partial charge in [0.25, 0.3) is 0 Å². The van der Waals surface area contributed by atoms with Crippen LogP contribution in [0.3, 0.4) is 0 Å². The molecule has 15 heavy (non-hydrogen) atoms. The molecule has 1 fully saturated rings. The van der Waals surface area contributed by atoms with Crippen LogP contribution < -0.4 is 0 Å². The third-order valence-electron chi connectivity index (χ3n) is 4.27. The average molecular weight is 228 g/mol. The predicted octanol–water partition coefficient (Wildman–Crippen LogP) is 4.73. The molecule has 0 aromatic heterocycles. The smallest absolute Gasteiger partial charge is 0.195 e. The van der Waals surface area contributed by atoms with Crippen LogP contribution in [0.15, 0.2) is 0 Å². The van der Waals surface area contributed by atoms with Gasteiger partial charge in [-0.3, -0.25) is 0 Å². The van der Waals surface area contributed by atoms with Gasteiger partial charge in [0.15, 0.2) is 8.32 Å². The van der Waals surface area contributed by atoms with Gasteiger partial charge in [-0.05, 0) is 30.5 Å². The first-order valence-electron chi connectivity index (χ1n) is 6.64. The van der Waals surface area contributed by atoms with Crippen LogP contribution in [-0.2, 0) is 4.43 Å². The molecule has 0 N–H and O–H groups in total. The van der Waals surface area contributed by atoms with Crippen molar-refractivity contribution in [3.05, 3.63) is 0 Å². The summed E-state index contributed by atoms with van der Waals surface area (Å²) in [6.07, 6.45) is 7.38. The van der Waals surface area contributed by atoms with Gasteiger partial charge in [0.1, 0.15) is 0 Å². The second kappa shape index (κ2) is 5.49. The van der Waals surface area contributed by atoms with Crippen molar-refractivity contribution in [2.24, 2.45) is 0 Å². The summed E-state index contributed by atoms with van der Waals surface area (Å²) in [5.74, 6) is 0. The second-order valence-corrected chi connectivity index (χ2v) is 10.8. The fraction of sp³-hybridized carbons (Fsp3) is 1.00. The van der Waals surface area contributed by atoms with Gasteiger partial charge >= 0.3 is 0 Å².